The molecule has 20 heavy (non-hydrogen) atoms. The third-order valence-corrected chi connectivity index (χ3v) is 2.71. The Morgan fingerprint density at radius 3 is 1.75 bits per heavy atom. The summed E-state index contributed by atoms with van der Waals surface area (Å²) < 4.78 is 6.82. The fourth-order valence-electron chi connectivity index (χ4n) is 1.76. The van der Waals surface area contributed by atoms with Gasteiger partial charge in [-0.05, 0) is 41.5 Å². The molecule has 0 aliphatic heterocycles. The van der Waals surface area contributed by atoms with Crippen molar-refractivity contribution in [3.05, 3.63) is 29.8 Å². The van der Waals surface area contributed by atoms with E-state index in [0.29, 0.717) is 6.54 Å². The van der Waals surface area contributed by atoms with Crippen LogP contribution in [0.25, 0.3) is 0 Å². The van der Waals surface area contributed by atoms with Gasteiger partial charge in [0.1, 0.15) is 0 Å². The first-order valence-corrected chi connectivity index (χ1v) is 7.43. The minimum absolute atomic E-state index is 0. The van der Waals surface area contributed by atoms with Gasteiger partial charge >= 0.3 is 71.8 Å². The fourth-order valence-corrected chi connectivity index (χ4v) is 2.23. The monoisotopic (exact) mass is 372 g/mol. The molecule has 0 fully saturated rings. The molecule has 0 saturated carbocycles. The Labute approximate surface area is 136 Å². The van der Waals surface area contributed by atoms with Gasteiger partial charge in [-0.3, -0.25) is 0 Å². The van der Waals surface area contributed by atoms with Crippen molar-refractivity contribution >= 4 is 4.04 Å². The molecule has 3 heteroatoms. The van der Waals surface area contributed by atoms with Crippen molar-refractivity contribution in [3.63, 3.8) is 0 Å². The second kappa shape index (κ2) is 9.69. The molecule has 121 valence electrons. The first-order valence-electron chi connectivity index (χ1n) is 6.66. The number of hydrogen-bond donors (Lipinski definition) is 1. The van der Waals surface area contributed by atoms with E-state index in [4.69, 9.17) is 10.5 Å². The predicted molar refractivity (Wildman–Crippen MR) is 86.2 cm³/mol. The van der Waals surface area contributed by atoms with Gasteiger partial charge in [-0.15, -0.1) is 0 Å². The van der Waals surface area contributed by atoms with Crippen molar-refractivity contribution in [1.82, 2.24) is 0 Å². The fraction of sp³-hybridized carbons (Fsp3) is 0.647. The van der Waals surface area contributed by atoms with E-state index >= 15 is 0 Å². The zero-order valence-corrected chi connectivity index (χ0v) is 14.6. The molecule has 0 bridgehead atoms. The van der Waals surface area contributed by atoms with Gasteiger partial charge < -0.3 is 4.74 Å². The number of rotatable bonds is 2. The third-order valence-electron chi connectivity index (χ3n) is 1.95. The van der Waals surface area contributed by atoms with Gasteiger partial charge in [0.05, 0.1) is 11.2 Å². The molecule has 1 rings (SSSR count). The van der Waals surface area contributed by atoms with Crippen molar-refractivity contribution in [2.24, 2.45) is 5.73 Å². The van der Waals surface area contributed by atoms with E-state index in [-0.39, 0.29) is 18.6 Å². The van der Waals surface area contributed by atoms with Crippen molar-refractivity contribution in [2.45, 2.75) is 66.6 Å². The van der Waals surface area contributed by atoms with Gasteiger partial charge in [-0.25, -0.2) is 0 Å². The average molecular weight is 373 g/mol. The summed E-state index contributed by atoms with van der Waals surface area (Å²) in [5.41, 5.74) is 6.68. The molecule has 1 aromatic carbocycles. The Morgan fingerprint density at radius 1 is 1.00 bits per heavy atom. The summed E-state index contributed by atoms with van der Waals surface area (Å²) in [6.45, 7) is 13.1. The SMILES string of the molecule is C.CC(C)(C)OC(C)(C)C.NCCc1cccc[c]1[Pd]. The Balaban J connectivity index is 0. The van der Waals surface area contributed by atoms with Gasteiger partial charge in [-0.2, -0.15) is 0 Å². The topological polar surface area (TPSA) is 35.2 Å². The summed E-state index contributed by atoms with van der Waals surface area (Å²) >= 11 is 3.18. The predicted octanol–water partition coefficient (Wildman–Crippen LogP) is 3.60. The standard InChI is InChI=1S/C8H10N.C8H18O.CH4.Pd/c9-7-6-8-4-2-1-3-5-8;1-7(2,3)9-8(4,5)6;;/h1-4H,6-7,9H2;1-6H3;1H4;. The van der Waals surface area contributed by atoms with E-state index in [2.05, 4.69) is 66.8 Å². The van der Waals surface area contributed by atoms with Crippen LogP contribution >= 0.6 is 0 Å². The molecule has 0 saturated heterocycles. The molecule has 0 atom stereocenters. The van der Waals surface area contributed by atoms with E-state index in [1.807, 2.05) is 18.2 Å². The van der Waals surface area contributed by atoms with Gasteiger partial charge in [0.2, 0.25) is 0 Å². The van der Waals surface area contributed by atoms with Gasteiger partial charge in [0.25, 0.3) is 0 Å². The third kappa shape index (κ3) is 12.8. The maximum atomic E-state index is 5.62. The summed E-state index contributed by atoms with van der Waals surface area (Å²) in [7, 11) is 0. The van der Waals surface area contributed by atoms with E-state index in [9.17, 15) is 0 Å². The molecule has 2 N–H and O–H groups in total. The van der Waals surface area contributed by atoms with Crippen LogP contribution in [-0.2, 0) is 30.4 Å². The minimum atomic E-state index is -0.0156. The summed E-state index contributed by atoms with van der Waals surface area (Å²) in [6, 6.07) is 8.18. The van der Waals surface area contributed by atoms with Crippen molar-refractivity contribution in [2.75, 3.05) is 6.54 Å². The number of nitrogens with two attached hydrogens (primary N) is 1. The molecule has 1 aromatic rings. The zero-order valence-electron chi connectivity index (χ0n) is 13.0. The Hall–Kier alpha value is -0.198. The molecule has 0 radical (unpaired) electrons. The van der Waals surface area contributed by atoms with Crippen LogP contribution in [0.3, 0.4) is 0 Å². The molecular formula is C17H32NOPd. The van der Waals surface area contributed by atoms with Crippen LogP contribution in [0.15, 0.2) is 24.3 Å². The van der Waals surface area contributed by atoms with Crippen molar-refractivity contribution < 1.29 is 23.9 Å². The van der Waals surface area contributed by atoms with Crippen LogP contribution in [-0.4, -0.2) is 17.7 Å². The van der Waals surface area contributed by atoms with Gasteiger partial charge in [0, 0.05) is 0 Å². The summed E-state index contributed by atoms with van der Waals surface area (Å²) in [5, 5.41) is 0. The Morgan fingerprint density at radius 2 is 1.45 bits per heavy atom. The molecule has 0 heterocycles. The summed E-state index contributed by atoms with van der Waals surface area (Å²) in [5.74, 6) is 0. The quantitative estimate of drug-likeness (QED) is 0.805. The Bertz CT molecular complexity index is 352. The van der Waals surface area contributed by atoms with E-state index in [1.165, 1.54) is 9.60 Å². The van der Waals surface area contributed by atoms with Gasteiger partial charge in [0.15, 0.2) is 0 Å². The van der Waals surface area contributed by atoms with Crippen LogP contribution in [0.5, 0.6) is 0 Å². The number of benzene rings is 1. The summed E-state index contributed by atoms with van der Waals surface area (Å²) in [4.78, 5) is 0. The maximum absolute atomic E-state index is 5.62. The van der Waals surface area contributed by atoms with E-state index in [0.717, 1.165) is 6.42 Å². The van der Waals surface area contributed by atoms with E-state index < -0.39 is 0 Å². The number of ether oxygens (including phenoxy) is 1. The van der Waals surface area contributed by atoms with Crippen LogP contribution in [0.1, 0.15) is 54.5 Å². The van der Waals surface area contributed by atoms with Crippen molar-refractivity contribution in [3.8, 4) is 0 Å². The van der Waals surface area contributed by atoms with Gasteiger partial charge in [-0.1, -0.05) is 7.43 Å². The molecule has 0 aliphatic rings. The van der Waals surface area contributed by atoms with Crippen LogP contribution in [0.4, 0.5) is 0 Å². The molecule has 0 unspecified atom stereocenters. The molecule has 0 aromatic heterocycles. The summed E-state index contributed by atoms with van der Waals surface area (Å²) in [6.07, 6.45) is 0.955. The number of hydrogen-bond acceptors (Lipinski definition) is 2. The molecule has 0 spiro atoms. The average Bonchev–Trinajstić information content (AvgIpc) is 2.17. The van der Waals surface area contributed by atoms with Crippen molar-refractivity contribution in [1.29, 1.82) is 0 Å². The first-order chi connectivity index (χ1) is 8.55. The molecule has 2 nitrogen and oxygen atoms in total. The molecular weight excluding hydrogens is 341 g/mol. The van der Waals surface area contributed by atoms with Crippen LogP contribution in [0, 0.1) is 0 Å². The normalized spacial score (nSPS) is 11.2. The second-order valence-corrected chi connectivity index (χ2v) is 7.26. The van der Waals surface area contributed by atoms with Crippen LogP contribution < -0.4 is 9.77 Å². The first kappa shape index (κ1) is 22.1. The van der Waals surface area contributed by atoms with Crippen LogP contribution in [0.2, 0.25) is 0 Å². The second-order valence-electron chi connectivity index (χ2n) is 6.42. The van der Waals surface area contributed by atoms with E-state index in [1.54, 1.807) is 0 Å². The molecule has 0 amide bonds. The zero-order chi connectivity index (χ0) is 15.1. The Kier molecular flexibility index (Phi) is 10.7. The molecule has 0 aliphatic carbocycles.